The summed E-state index contributed by atoms with van der Waals surface area (Å²) in [6.07, 6.45) is 1.20. The van der Waals surface area contributed by atoms with Crippen molar-refractivity contribution >= 4 is 11.6 Å². The second-order valence-corrected chi connectivity index (χ2v) is 4.96. The van der Waals surface area contributed by atoms with Crippen LogP contribution >= 0.6 is 11.6 Å². The van der Waals surface area contributed by atoms with Crippen LogP contribution in [-0.4, -0.2) is 19.3 Å². The molecular weight excluding hydrogens is 244 g/mol. The van der Waals surface area contributed by atoms with Crippen LogP contribution in [-0.2, 0) is 6.42 Å². The molecule has 1 unspecified atom stereocenters. The molecule has 1 N–H and O–H groups in total. The SMILES string of the molecule is Fc1ccc(CC(F)C2CCNCC2)cc1Cl. The van der Waals surface area contributed by atoms with Crippen molar-refractivity contribution in [2.75, 3.05) is 13.1 Å². The summed E-state index contributed by atoms with van der Waals surface area (Å²) in [6.45, 7) is 1.77. The zero-order valence-corrected chi connectivity index (χ0v) is 10.3. The van der Waals surface area contributed by atoms with Gasteiger partial charge in [-0.05, 0) is 49.5 Å². The monoisotopic (exact) mass is 259 g/mol. The van der Waals surface area contributed by atoms with E-state index in [1.807, 2.05) is 0 Å². The van der Waals surface area contributed by atoms with E-state index in [2.05, 4.69) is 5.32 Å². The lowest BCUT2D eigenvalue weighted by Gasteiger charge is -2.25. The van der Waals surface area contributed by atoms with Crippen molar-refractivity contribution in [3.63, 3.8) is 0 Å². The van der Waals surface area contributed by atoms with E-state index in [1.54, 1.807) is 6.07 Å². The molecule has 1 atom stereocenters. The number of alkyl halides is 1. The maximum atomic E-state index is 14.0. The molecule has 0 radical (unpaired) electrons. The van der Waals surface area contributed by atoms with Crippen molar-refractivity contribution in [1.82, 2.24) is 5.32 Å². The summed E-state index contributed by atoms with van der Waals surface area (Å²) in [5, 5.41) is 3.28. The Morgan fingerprint density at radius 3 is 2.71 bits per heavy atom. The fraction of sp³-hybridized carbons (Fsp3) is 0.538. The van der Waals surface area contributed by atoms with E-state index in [1.165, 1.54) is 12.1 Å². The van der Waals surface area contributed by atoms with Crippen LogP contribution in [0.4, 0.5) is 8.78 Å². The normalized spacial score (nSPS) is 19.2. The summed E-state index contributed by atoms with van der Waals surface area (Å²) < 4.78 is 27.0. The van der Waals surface area contributed by atoms with Crippen molar-refractivity contribution in [3.05, 3.63) is 34.6 Å². The average molecular weight is 260 g/mol. The summed E-state index contributed by atoms with van der Waals surface area (Å²) in [5.74, 6) is -0.340. The molecule has 0 aromatic heterocycles. The minimum Gasteiger partial charge on any atom is -0.317 e. The van der Waals surface area contributed by atoms with Crippen molar-refractivity contribution in [3.8, 4) is 0 Å². The predicted octanol–water partition coefficient (Wildman–Crippen LogP) is 3.36. The molecule has 1 aromatic carbocycles. The first-order chi connectivity index (χ1) is 8.16. The van der Waals surface area contributed by atoms with Crippen LogP contribution in [0.5, 0.6) is 0 Å². The van der Waals surface area contributed by atoms with Crippen LogP contribution in [0.2, 0.25) is 5.02 Å². The van der Waals surface area contributed by atoms with E-state index in [9.17, 15) is 8.78 Å². The third-order valence-corrected chi connectivity index (χ3v) is 3.60. The van der Waals surface area contributed by atoms with E-state index in [0.29, 0.717) is 6.42 Å². The Hall–Kier alpha value is -0.670. The molecule has 1 heterocycles. The van der Waals surface area contributed by atoms with E-state index in [0.717, 1.165) is 31.5 Å². The Bertz CT molecular complexity index is 378. The molecule has 94 valence electrons. The highest BCUT2D eigenvalue weighted by Crippen LogP contribution is 2.24. The second kappa shape index (κ2) is 5.78. The van der Waals surface area contributed by atoms with Crippen LogP contribution < -0.4 is 5.32 Å². The number of benzene rings is 1. The molecule has 1 aliphatic heterocycles. The minimum atomic E-state index is -0.862. The van der Waals surface area contributed by atoms with Gasteiger partial charge in [0.05, 0.1) is 5.02 Å². The lowest BCUT2D eigenvalue weighted by atomic mass is 9.89. The Balaban J connectivity index is 1.96. The van der Waals surface area contributed by atoms with Gasteiger partial charge in [-0.3, -0.25) is 0 Å². The number of piperidine rings is 1. The van der Waals surface area contributed by atoms with Gasteiger partial charge in [0, 0.05) is 6.42 Å². The van der Waals surface area contributed by atoms with Gasteiger partial charge in [0.2, 0.25) is 0 Å². The molecule has 17 heavy (non-hydrogen) atoms. The third-order valence-electron chi connectivity index (χ3n) is 3.31. The molecule has 1 aliphatic rings. The molecular formula is C13H16ClF2N. The zero-order valence-electron chi connectivity index (χ0n) is 9.56. The molecule has 1 saturated heterocycles. The van der Waals surface area contributed by atoms with Gasteiger partial charge in [-0.25, -0.2) is 8.78 Å². The van der Waals surface area contributed by atoms with E-state index < -0.39 is 12.0 Å². The third kappa shape index (κ3) is 3.39. The number of halogens is 3. The Kier molecular flexibility index (Phi) is 4.35. The molecule has 0 aliphatic carbocycles. The van der Waals surface area contributed by atoms with Crippen LogP contribution in [0.3, 0.4) is 0 Å². The highest BCUT2D eigenvalue weighted by molar-refractivity contribution is 6.30. The summed E-state index contributed by atoms with van der Waals surface area (Å²) in [7, 11) is 0. The number of hydrogen-bond donors (Lipinski definition) is 1. The largest absolute Gasteiger partial charge is 0.317 e. The van der Waals surface area contributed by atoms with Gasteiger partial charge in [-0.2, -0.15) is 0 Å². The molecule has 1 nitrogen and oxygen atoms in total. The first-order valence-electron chi connectivity index (χ1n) is 5.95. The highest BCUT2D eigenvalue weighted by Gasteiger charge is 2.23. The quantitative estimate of drug-likeness (QED) is 0.878. The van der Waals surface area contributed by atoms with Gasteiger partial charge in [0.25, 0.3) is 0 Å². The Morgan fingerprint density at radius 1 is 1.35 bits per heavy atom. The van der Waals surface area contributed by atoms with Crippen LogP contribution in [0.1, 0.15) is 18.4 Å². The molecule has 0 bridgehead atoms. The molecule has 0 saturated carbocycles. The van der Waals surface area contributed by atoms with Gasteiger partial charge in [0.1, 0.15) is 12.0 Å². The Morgan fingerprint density at radius 2 is 2.06 bits per heavy atom. The second-order valence-electron chi connectivity index (χ2n) is 4.56. The van der Waals surface area contributed by atoms with Gasteiger partial charge in [0.15, 0.2) is 0 Å². The summed E-state index contributed by atoms with van der Waals surface area (Å²) in [5.41, 5.74) is 0.766. The Labute approximate surface area is 105 Å². The van der Waals surface area contributed by atoms with Crippen LogP contribution in [0.15, 0.2) is 18.2 Å². The zero-order chi connectivity index (χ0) is 12.3. The first kappa shape index (κ1) is 12.8. The molecule has 0 spiro atoms. The first-order valence-corrected chi connectivity index (χ1v) is 6.33. The van der Waals surface area contributed by atoms with E-state index >= 15 is 0 Å². The van der Waals surface area contributed by atoms with Gasteiger partial charge in [-0.1, -0.05) is 17.7 Å². The fourth-order valence-electron chi connectivity index (χ4n) is 2.26. The maximum Gasteiger partial charge on any atom is 0.141 e. The van der Waals surface area contributed by atoms with Crippen molar-refractivity contribution < 1.29 is 8.78 Å². The molecule has 2 rings (SSSR count). The van der Waals surface area contributed by atoms with Crippen LogP contribution in [0.25, 0.3) is 0 Å². The van der Waals surface area contributed by atoms with Gasteiger partial charge >= 0.3 is 0 Å². The smallest absolute Gasteiger partial charge is 0.141 e. The predicted molar refractivity (Wildman–Crippen MR) is 65.6 cm³/mol. The summed E-state index contributed by atoms with van der Waals surface area (Å²) >= 11 is 5.68. The fourth-order valence-corrected chi connectivity index (χ4v) is 2.47. The van der Waals surface area contributed by atoms with Crippen molar-refractivity contribution in [2.45, 2.75) is 25.4 Å². The number of rotatable bonds is 3. The highest BCUT2D eigenvalue weighted by atomic mass is 35.5. The molecule has 1 fully saturated rings. The maximum absolute atomic E-state index is 14.0. The molecule has 4 heteroatoms. The molecule has 1 aromatic rings. The standard InChI is InChI=1S/C13H16ClF2N/c14-11-7-9(1-2-12(11)15)8-13(16)10-3-5-17-6-4-10/h1-2,7,10,13,17H,3-6,8H2. The average Bonchev–Trinajstić information content (AvgIpc) is 2.35. The molecule has 0 amide bonds. The minimum absolute atomic E-state index is 0.0695. The summed E-state index contributed by atoms with van der Waals surface area (Å²) in [4.78, 5) is 0. The van der Waals surface area contributed by atoms with E-state index in [-0.39, 0.29) is 10.9 Å². The number of hydrogen-bond acceptors (Lipinski definition) is 1. The van der Waals surface area contributed by atoms with Crippen LogP contribution in [0, 0.1) is 11.7 Å². The lowest BCUT2D eigenvalue weighted by molar-refractivity contribution is 0.187. The van der Waals surface area contributed by atoms with Gasteiger partial charge < -0.3 is 5.32 Å². The summed E-state index contributed by atoms with van der Waals surface area (Å²) in [6, 6.07) is 4.42. The lowest BCUT2D eigenvalue weighted by Crippen LogP contribution is -2.33. The van der Waals surface area contributed by atoms with Gasteiger partial charge in [-0.15, -0.1) is 0 Å². The topological polar surface area (TPSA) is 12.0 Å². The number of nitrogens with one attached hydrogen (secondary N) is 1. The van der Waals surface area contributed by atoms with Crippen molar-refractivity contribution in [1.29, 1.82) is 0 Å². The van der Waals surface area contributed by atoms with Crippen molar-refractivity contribution in [2.24, 2.45) is 5.92 Å². The van der Waals surface area contributed by atoms with E-state index in [4.69, 9.17) is 11.6 Å².